The van der Waals surface area contributed by atoms with Crippen LogP contribution in [0, 0.1) is 5.92 Å². The van der Waals surface area contributed by atoms with Crippen molar-refractivity contribution in [3.05, 3.63) is 29.8 Å². The van der Waals surface area contributed by atoms with Crippen LogP contribution in [0.15, 0.2) is 24.3 Å². The zero-order valence-corrected chi connectivity index (χ0v) is 12.5. The second-order valence-corrected chi connectivity index (χ2v) is 7.45. The first-order chi connectivity index (χ1) is 9.41. The Hall–Kier alpha value is -1.40. The quantitative estimate of drug-likeness (QED) is 0.879. The minimum atomic E-state index is -3.02. The lowest BCUT2D eigenvalue weighted by molar-refractivity contribution is -0.119. The van der Waals surface area contributed by atoms with E-state index >= 15 is 0 Å². The van der Waals surface area contributed by atoms with E-state index < -0.39 is 15.8 Å². The number of hydrogen-bond donors (Lipinski definition) is 2. The molecule has 1 aromatic carbocycles. The molecule has 1 fully saturated rings. The molecule has 1 amide bonds. The summed E-state index contributed by atoms with van der Waals surface area (Å²) in [6, 6.07) is 7.82. The van der Waals surface area contributed by atoms with Crippen molar-refractivity contribution in [2.45, 2.75) is 19.4 Å². The molecule has 6 heteroatoms. The summed E-state index contributed by atoms with van der Waals surface area (Å²) in [7, 11) is -1.13. The molecule has 1 heterocycles. The number of sulfone groups is 1. The first-order valence-corrected chi connectivity index (χ1v) is 8.52. The van der Waals surface area contributed by atoms with Crippen LogP contribution in [0.25, 0.3) is 0 Å². The maximum atomic E-state index is 12.0. The number of anilines is 1. The average Bonchev–Trinajstić information content (AvgIpc) is 2.79. The Bertz CT molecular complexity index is 581. The van der Waals surface area contributed by atoms with E-state index in [-0.39, 0.29) is 23.5 Å². The third-order valence-corrected chi connectivity index (χ3v) is 5.48. The van der Waals surface area contributed by atoms with Gasteiger partial charge in [0.1, 0.15) is 0 Å². The molecule has 0 spiro atoms. The highest BCUT2D eigenvalue weighted by Crippen LogP contribution is 2.21. The minimum absolute atomic E-state index is 0.0340. The molecule has 20 heavy (non-hydrogen) atoms. The summed E-state index contributed by atoms with van der Waals surface area (Å²) in [5, 5.41) is 5.92. The first-order valence-electron chi connectivity index (χ1n) is 6.70. The van der Waals surface area contributed by atoms with Gasteiger partial charge in [-0.2, -0.15) is 0 Å². The van der Waals surface area contributed by atoms with E-state index in [1.165, 1.54) is 0 Å². The molecule has 0 aliphatic carbocycles. The van der Waals surface area contributed by atoms with Crippen LogP contribution in [0.3, 0.4) is 0 Å². The van der Waals surface area contributed by atoms with Gasteiger partial charge in [0.2, 0.25) is 5.91 Å². The van der Waals surface area contributed by atoms with Gasteiger partial charge in [0, 0.05) is 11.7 Å². The molecule has 1 aliphatic heterocycles. The van der Waals surface area contributed by atoms with Gasteiger partial charge in [-0.1, -0.05) is 12.1 Å². The maximum absolute atomic E-state index is 12.0. The van der Waals surface area contributed by atoms with Crippen molar-refractivity contribution >= 4 is 21.4 Å². The van der Waals surface area contributed by atoms with Crippen molar-refractivity contribution in [1.29, 1.82) is 0 Å². The molecule has 0 aromatic heterocycles. The molecule has 5 nitrogen and oxygen atoms in total. The molecule has 1 aliphatic rings. The van der Waals surface area contributed by atoms with Crippen molar-refractivity contribution in [1.82, 2.24) is 5.32 Å². The lowest BCUT2D eigenvalue weighted by Crippen LogP contribution is -2.23. The molecule has 0 radical (unpaired) electrons. The molecule has 110 valence electrons. The van der Waals surface area contributed by atoms with Crippen molar-refractivity contribution in [3.8, 4) is 0 Å². The summed E-state index contributed by atoms with van der Waals surface area (Å²) in [4.78, 5) is 12.0. The molecule has 2 unspecified atom stereocenters. The Morgan fingerprint density at radius 3 is 2.45 bits per heavy atom. The summed E-state index contributed by atoms with van der Waals surface area (Å²) in [6.45, 7) is 2.05. The highest BCUT2D eigenvalue weighted by atomic mass is 32.2. The number of hydrogen-bond acceptors (Lipinski definition) is 4. The highest BCUT2D eigenvalue weighted by Gasteiger charge is 2.32. The Morgan fingerprint density at radius 2 is 1.95 bits per heavy atom. The molecule has 1 aromatic rings. The molecular weight excluding hydrogens is 276 g/mol. The van der Waals surface area contributed by atoms with Crippen LogP contribution in [0.5, 0.6) is 0 Å². The van der Waals surface area contributed by atoms with E-state index in [2.05, 4.69) is 17.6 Å². The Labute approximate surface area is 119 Å². The number of carbonyl (C=O) groups is 1. The van der Waals surface area contributed by atoms with E-state index in [0.717, 1.165) is 5.56 Å². The van der Waals surface area contributed by atoms with E-state index in [9.17, 15) is 13.2 Å². The van der Waals surface area contributed by atoms with Gasteiger partial charge < -0.3 is 10.6 Å². The van der Waals surface area contributed by atoms with Gasteiger partial charge >= 0.3 is 0 Å². The fourth-order valence-corrected chi connectivity index (χ4v) is 4.01. The van der Waals surface area contributed by atoms with Crippen LogP contribution in [0.2, 0.25) is 0 Å². The normalized spacial score (nSPS) is 22.4. The number of amides is 1. The summed E-state index contributed by atoms with van der Waals surface area (Å²) in [5.41, 5.74) is 1.83. The third kappa shape index (κ3) is 3.58. The van der Waals surface area contributed by atoms with Crippen molar-refractivity contribution in [3.63, 3.8) is 0 Å². The van der Waals surface area contributed by atoms with Gasteiger partial charge in [0.05, 0.1) is 17.4 Å². The monoisotopic (exact) mass is 296 g/mol. The van der Waals surface area contributed by atoms with Crippen molar-refractivity contribution in [2.75, 3.05) is 23.9 Å². The molecule has 2 atom stereocenters. The van der Waals surface area contributed by atoms with Crippen molar-refractivity contribution in [2.24, 2.45) is 5.92 Å². The average molecular weight is 296 g/mol. The largest absolute Gasteiger partial charge is 0.326 e. The molecule has 0 saturated carbocycles. The van der Waals surface area contributed by atoms with Crippen LogP contribution in [-0.2, 0) is 14.6 Å². The summed E-state index contributed by atoms with van der Waals surface area (Å²) < 4.78 is 22.7. The van der Waals surface area contributed by atoms with Crippen LogP contribution < -0.4 is 10.6 Å². The smallest absolute Gasteiger partial charge is 0.228 e. The Kier molecular flexibility index (Phi) is 4.45. The standard InChI is InChI=1S/C14H20N2O3S/c1-10(15-2)11-3-5-13(6-4-11)16-14(17)12-7-8-20(18,19)9-12/h3-6,10,12,15H,7-9H2,1-2H3,(H,16,17). The lowest BCUT2D eigenvalue weighted by Gasteiger charge is -2.13. The van der Waals surface area contributed by atoms with Crippen LogP contribution >= 0.6 is 0 Å². The van der Waals surface area contributed by atoms with E-state index in [0.29, 0.717) is 12.1 Å². The predicted molar refractivity (Wildman–Crippen MR) is 79.3 cm³/mol. The molecular formula is C14H20N2O3S. The zero-order valence-electron chi connectivity index (χ0n) is 11.7. The van der Waals surface area contributed by atoms with Gasteiger partial charge in [-0.25, -0.2) is 8.42 Å². The predicted octanol–water partition coefficient (Wildman–Crippen LogP) is 1.34. The Morgan fingerprint density at radius 1 is 1.30 bits per heavy atom. The van der Waals surface area contributed by atoms with E-state index in [1.807, 2.05) is 31.3 Å². The van der Waals surface area contributed by atoms with Gasteiger partial charge in [0.15, 0.2) is 9.84 Å². The van der Waals surface area contributed by atoms with Gasteiger partial charge in [-0.05, 0) is 38.1 Å². The van der Waals surface area contributed by atoms with E-state index in [1.54, 1.807) is 0 Å². The van der Waals surface area contributed by atoms with Gasteiger partial charge in [-0.15, -0.1) is 0 Å². The second kappa shape index (κ2) is 5.93. The highest BCUT2D eigenvalue weighted by molar-refractivity contribution is 7.91. The van der Waals surface area contributed by atoms with Gasteiger partial charge in [0.25, 0.3) is 0 Å². The SMILES string of the molecule is CNC(C)c1ccc(NC(=O)C2CCS(=O)(=O)C2)cc1. The van der Waals surface area contributed by atoms with Crippen LogP contribution in [0.4, 0.5) is 5.69 Å². The second-order valence-electron chi connectivity index (χ2n) is 5.22. The number of carbonyl (C=O) groups excluding carboxylic acids is 1. The van der Waals surface area contributed by atoms with Crippen LogP contribution in [-0.4, -0.2) is 32.9 Å². The number of rotatable bonds is 4. The minimum Gasteiger partial charge on any atom is -0.326 e. The fourth-order valence-electron chi connectivity index (χ4n) is 2.27. The maximum Gasteiger partial charge on any atom is 0.228 e. The molecule has 2 N–H and O–H groups in total. The Balaban J connectivity index is 1.98. The summed E-state index contributed by atoms with van der Waals surface area (Å²) >= 11 is 0. The molecule has 1 saturated heterocycles. The lowest BCUT2D eigenvalue weighted by atomic mass is 10.1. The first kappa shape index (κ1) is 15.0. The van der Waals surface area contributed by atoms with Crippen molar-refractivity contribution < 1.29 is 13.2 Å². The third-order valence-electron chi connectivity index (χ3n) is 3.71. The zero-order chi connectivity index (χ0) is 14.8. The molecule has 2 rings (SSSR count). The van der Waals surface area contributed by atoms with Gasteiger partial charge in [-0.3, -0.25) is 4.79 Å². The van der Waals surface area contributed by atoms with E-state index in [4.69, 9.17) is 0 Å². The molecule has 0 bridgehead atoms. The summed E-state index contributed by atoms with van der Waals surface area (Å²) in [6.07, 6.45) is 0.420. The summed E-state index contributed by atoms with van der Waals surface area (Å²) in [5.74, 6) is -0.548. The van der Waals surface area contributed by atoms with Crippen LogP contribution in [0.1, 0.15) is 24.9 Å². The number of nitrogens with one attached hydrogen (secondary N) is 2. The fraction of sp³-hybridized carbons (Fsp3) is 0.500. The topological polar surface area (TPSA) is 75.3 Å². The number of benzene rings is 1.